The number of aromatic nitrogens is 1. The number of thiazole rings is 1. The van der Waals surface area contributed by atoms with Gasteiger partial charge in [0.15, 0.2) is 4.80 Å². The molecule has 0 N–H and O–H groups in total. The predicted octanol–water partition coefficient (Wildman–Crippen LogP) is 3.32. The number of para-hydroxylation sites is 2. The normalized spacial score (nSPS) is 17.7. The quantitative estimate of drug-likeness (QED) is 0.437. The second kappa shape index (κ2) is 10.4. The van der Waals surface area contributed by atoms with Crippen LogP contribution >= 0.6 is 11.3 Å². The monoisotopic (exact) mass is 531 g/mol. The molecule has 8 nitrogen and oxygen atoms in total. The highest BCUT2D eigenvalue weighted by Crippen LogP contribution is 2.37. The van der Waals surface area contributed by atoms with E-state index in [1.54, 1.807) is 31.9 Å². The third-order valence-electron chi connectivity index (χ3n) is 6.81. The number of rotatable bonds is 7. The molecule has 0 saturated carbocycles. The number of ether oxygens (including phenoxy) is 2. The Morgan fingerprint density at radius 1 is 1.08 bits per heavy atom. The van der Waals surface area contributed by atoms with Gasteiger partial charge < -0.3 is 14.4 Å². The molecule has 38 heavy (non-hydrogen) atoms. The predicted molar refractivity (Wildman–Crippen MR) is 146 cm³/mol. The minimum Gasteiger partial charge on any atom is -0.496 e. The van der Waals surface area contributed by atoms with Crippen LogP contribution in [-0.4, -0.2) is 36.7 Å². The number of methoxy groups -OCH3 is 1. The van der Waals surface area contributed by atoms with Gasteiger partial charge in [-0.3, -0.25) is 14.2 Å². The molecular weight excluding hydrogens is 502 g/mol. The second-order valence-corrected chi connectivity index (χ2v) is 10.0. The first-order valence-electron chi connectivity index (χ1n) is 12.7. The summed E-state index contributed by atoms with van der Waals surface area (Å²) in [5, 5.41) is 0. The summed E-state index contributed by atoms with van der Waals surface area (Å²) in [6.07, 6.45) is 1.79. The number of unbranched alkanes of at least 4 members (excludes halogenated alkanes) is 1. The smallest absolute Gasteiger partial charge is 0.338 e. The SMILES string of the molecule is CCCCN1C(=O)/C(=c2/sc3n(c2=O)[C@@H](c2ccccc2OC)C(C(=O)OCC)=C(C)N=3)c2ccccc21. The average Bonchev–Trinajstić information content (AvgIpc) is 3.38. The maximum atomic E-state index is 14.2. The standard InChI is InChI=1S/C29H29N3O5S/c1-5-7-16-31-20-14-10-8-12-18(20)23(26(31)33)25-27(34)32-24(19-13-9-11-15-21(19)36-4)22(28(35)37-6-2)17(3)30-29(32)38-25/h8-15,24H,5-7,16H2,1-4H3/b25-23+/t24-/m0/s1. The summed E-state index contributed by atoms with van der Waals surface area (Å²) in [6, 6.07) is 14.0. The largest absolute Gasteiger partial charge is 0.496 e. The molecule has 1 amide bonds. The van der Waals surface area contributed by atoms with Gasteiger partial charge in [0.05, 0.1) is 36.2 Å². The van der Waals surface area contributed by atoms with E-state index in [0.717, 1.165) is 24.1 Å². The molecule has 2 aliphatic heterocycles. The van der Waals surface area contributed by atoms with Gasteiger partial charge in [-0.15, -0.1) is 0 Å². The van der Waals surface area contributed by atoms with Gasteiger partial charge in [-0.1, -0.05) is 61.1 Å². The molecule has 1 aromatic heterocycles. The van der Waals surface area contributed by atoms with Crippen LogP contribution in [0.2, 0.25) is 0 Å². The number of amides is 1. The van der Waals surface area contributed by atoms with Crippen LogP contribution in [0.25, 0.3) is 5.57 Å². The van der Waals surface area contributed by atoms with Crippen LogP contribution in [0.4, 0.5) is 5.69 Å². The lowest BCUT2D eigenvalue weighted by Gasteiger charge is -2.25. The van der Waals surface area contributed by atoms with E-state index in [1.165, 1.54) is 15.9 Å². The zero-order valence-electron chi connectivity index (χ0n) is 21.8. The first-order chi connectivity index (χ1) is 18.4. The van der Waals surface area contributed by atoms with Crippen molar-refractivity contribution in [2.75, 3.05) is 25.2 Å². The molecular formula is C29H29N3O5S. The highest BCUT2D eigenvalue weighted by atomic mass is 32.1. The Morgan fingerprint density at radius 2 is 1.82 bits per heavy atom. The Kier molecular flexibility index (Phi) is 7.03. The number of carbonyl (C=O) groups excluding carboxylic acids is 2. The molecule has 2 aromatic carbocycles. The lowest BCUT2D eigenvalue weighted by Crippen LogP contribution is -2.41. The number of benzene rings is 2. The first-order valence-corrected chi connectivity index (χ1v) is 13.5. The molecule has 0 bridgehead atoms. The van der Waals surface area contributed by atoms with E-state index >= 15 is 0 Å². The van der Waals surface area contributed by atoms with E-state index < -0.39 is 12.0 Å². The third-order valence-corrected chi connectivity index (χ3v) is 7.87. The van der Waals surface area contributed by atoms with Gasteiger partial charge in [-0.2, -0.15) is 0 Å². The third kappa shape index (κ3) is 4.07. The summed E-state index contributed by atoms with van der Waals surface area (Å²) >= 11 is 1.17. The van der Waals surface area contributed by atoms with Gasteiger partial charge in [0.2, 0.25) is 0 Å². The molecule has 3 aromatic rings. The lowest BCUT2D eigenvalue weighted by atomic mass is 9.95. The number of allylic oxidation sites excluding steroid dienone is 1. The number of hydrogen-bond acceptors (Lipinski definition) is 7. The van der Waals surface area contributed by atoms with E-state index in [-0.39, 0.29) is 23.6 Å². The van der Waals surface area contributed by atoms with E-state index in [0.29, 0.717) is 38.5 Å². The van der Waals surface area contributed by atoms with Gasteiger partial charge in [0, 0.05) is 17.7 Å². The average molecular weight is 532 g/mol. The van der Waals surface area contributed by atoms with Gasteiger partial charge in [-0.25, -0.2) is 9.79 Å². The minimum absolute atomic E-state index is 0.182. The summed E-state index contributed by atoms with van der Waals surface area (Å²) in [5.41, 5.74) is 2.88. The molecule has 0 spiro atoms. The number of nitrogens with zero attached hydrogens (tertiary/aromatic N) is 3. The fourth-order valence-electron chi connectivity index (χ4n) is 5.07. The number of carbonyl (C=O) groups is 2. The molecule has 0 fully saturated rings. The first kappa shape index (κ1) is 25.7. The van der Waals surface area contributed by atoms with Crippen LogP contribution in [0.3, 0.4) is 0 Å². The van der Waals surface area contributed by atoms with E-state index in [2.05, 4.69) is 11.9 Å². The van der Waals surface area contributed by atoms with Crippen LogP contribution < -0.4 is 24.5 Å². The number of esters is 1. The van der Waals surface area contributed by atoms with Crippen molar-refractivity contribution in [1.82, 2.24) is 4.57 Å². The molecule has 196 valence electrons. The summed E-state index contributed by atoms with van der Waals surface area (Å²) < 4.78 is 12.8. The van der Waals surface area contributed by atoms with Crippen molar-refractivity contribution >= 4 is 34.5 Å². The number of fused-ring (bicyclic) bond motifs is 2. The van der Waals surface area contributed by atoms with Crippen molar-refractivity contribution in [1.29, 1.82) is 0 Å². The molecule has 2 aliphatic rings. The minimum atomic E-state index is -0.821. The van der Waals surface area contributed by atoms with E-state index in [4.69, 9.17) is 9.47 Å². The van der Waals surface area contributed by atoms with Gasteiger partial charge in [0.1, 0.15) is 16.3 Å². The molecule has 0 unspecified atom stereocenters. The molecule has 3 heterocycles. The van der Waals surface area contributed by atoms with Crippen molar-refractivity contribution in [3.8, 4) is 5.75 Å². The highest BCUT2D eigenvalue weighted by molar-refractivity contribution is 7.07. The lowest BCUT2D eigenvalue weighted by molar-refractivity contribution is -0.139. The Bertz CT molecular complexity index is 1650. The fourth-order valence-corrected chi connectivity index (χ4v) is 6.20. The van der Waals surface area contributed by atoms with Crippen LogP contribution in [0.5, 0.6) is 5.75 Å². The maximum Gasteiger partial charge on any atom is 0.338 e. The number of hydrogen-bond donors (Lipinski definition) is 0. The Balaban J connectivity index is 1.81. The van der Waals surface area contributed by atoms with Crippen molar-refractivity contribution in [2.45, 2.75) is 39.7 Å². The van der Waals surface area contributed by atoms with Crippen molar-refractivity contribution in [3.63, 3.8) is 0 Å². The summed E-state index contributed by atoms with van der Waals surface area (Å²) in [4.78, 5) is 47.9. The zero-order chi connectivity index (χ0) is 27.0. The van der Waals surface area contributed by atoms with E-state index in [1.807, 2.05) is 42.5 Å². The zero-order valence-corrected chi connectivity index (χ0v) is 22.6. The Labute approximate surface area is 224 Å². The van der Waals surface area contributed by atoms with Gasteiger partial charge in [0.25, 0.3) is 11.5 Å². The summed E-state index contributed by atoms with van der Waals surface area (Å²) in [5.74, 6) is -0.212. The molecule has 0 aliphatic carbocycles. The van der Waals surface area contributed by atoms with Crippen LogP contribution in [-0.2, 0) is 14.3 Å². The highest BCUT2D eigenvalue weighted by Gasteiger charge is 2.38. The molecule has 9 heteroatoms. The van der Waals surface area contributed by atoms with Crippen molar-refractivity contribution in [3.05, 3.63) is 90.6 Å². The Hall–Kier alpha value is -3.98. The van der Waals surface area contributed by atoms with Crippen LogP contribution in [0.1, 0.15) is 50.8 Å². The van der Waals surface area contributed by atoms with Gasteiger partial charge >= 0.3 is 5.97 Å². The molecule has 0 radical (unpaired) electrons. The molecule has 1 atom stereocenters. The topological polar surface area (TPSA) is 90.2 Å². The van der Waals surface area contributed by atoms with Crippen molar-refractivity contribution < 1.29 is 19.1 Å². The van der Waals surface area contributed by atoms with E-state index in [9.17, 15) is 14.4 Å². The maximum absolute atomic E-state index is 14.2. The van der Waals surface area contributed by atoms with Crippen LogP contribution in [0.15, 0.2) is 69.6 Å². The van der Waals surface area contributed by atoms with Gasteiger partial charge in [-0.05, 0) is 32.4 Å². The summed E-state index contributed by atoms with van der Waals surface area (Å²) in [7, 11) is 1.55. The molecule has 5 rings (SSSR count). The second-order valence-electron chi connectivity index (χ2n) is 9.07. The molecule has 0 saturated heterocycles. The Morgan fingerprint density at radius 3 is 2.55 bits per heavy atom. The fraction of sp³-hybridized carbons (Fsp3) is 0.310. The van der Waals surface area contributed by atoms with Crippen LogP contribution in [0, 0.1) is 0 Å². The van der Waals surface area contributed by atoms with Crippen molar-refractivity contribution in [2.24, 2.45) is 4.99 Å². The number of anilines is 1. The summed E-state index contributed by atoms with van der Waals surface area (Å²) in [6.45, 7) is 6.30.